The number of fused-ring (bicyclic) bond motifs is 1. The average molecular weight is 401 g/mol. The first-order chi connectivity index (χ1) is 13.4. The van der Waals surface area contributed by atoms with Gasteiger partial charge in [0, 0.05) is 24.7 Å². The standard InChI is InChI=1S/C19H23N5O3S/c1-12-10-20-7-4-8-24(12)28(26,27)17-6-3-5-16-18(17)15(19(25)23-16)9-14-11-21-13(2)22-14/h3,5-6,9,11-12,20H,4,7-8,10H2,1-2H3,(H,21,22)(H,23,25)/b15-9-. The number of rotatable bonds is 3. The van der Waals surface area contributed by atoms with Crippen molar-refractivity contribution in [2.75, 3.05) is 25.0 Å². The normalized spacial score (nSPS) is 22.1. The van der Waals surface area contributed by atoms with Crippen molar-refractivity contribution in [1.29, 1.82) is 0 Å². The molecule has 0 saturated carbocycles. The summed E-state index contributed by atoms with van der Waals surface area (Å²) in [5, 5.41) is 6.04. The van der Waals surface area contributed by atoms with Crippen molar-refractivity contribution in [3.63, 3.8) is 0 Å². The van der Waals surface area contributed by atoms with Crippen molar-refractivity contribution in [2.45, 2.75) is 31.2 Å². The van der Waals surface area contributed by atoms with Crippen LogP contribution in [0, 0.1) is 6.92 Å². The highest BCUT2D eigenvalue weighted by atomic mass is 32.2. The van der Waals surface area contributed by atoms with Crippen LogP contribution in [0.5, 0.6) is 0 Å². The topological polar surface area (TPSA) is 107 Å². The highest BCUT2D eigenvalue weighted by Crippen LogP contribution is 2.39. The summed E-state index contributed by atoms with van der Waals surface area (Å²) in [5.41, 5.74) is 1.90. The van der Waals surface area contributed by atoms with Crippen molar-refractivity contribution in [2.24, 2.45) is 0 Å². The molecule has 1 unspecified atom stereocenters. The number of sulfonamides is 1. The van der Waals surface area contributed by atoms with Gasteiger partial charge in [0.25, 0.3) is 5.91 Å². The Hall–Kier alpha value is -2.49. The van der Waals surface area contributed by atoms with E-state index in [2.05, 4.69) is 20.6 Å². The molecule has 1 aromatic heterocycles. The minimum absolute atomic E-state index is 0.152. The van der Waals surface area contributed by atoms with Gasteiger partial charge in [-0.1, -0.05) is 6.07 Å². The summed E-state index contributed by atoms with van der Waals surface area (Å²) in [5.74, 6) is 0.396. The Labute approximate surface area is 164 Å². The van der Waals surface area contributed by atoms with Crippen molar-refractivity contribution in [3.05, 3.63) is 41.5 Å². The third kappa shape index (κ3) is 3.25. The minimum Gasteiger partial charge on any atom is -0.343 e. The third-order valence-corrected chi connectivity index (χ3v) is 7.12. The Morgan fingerprint density at radius 2 is 2.14 bits per heavy atom. The molecule has 3 N–H and O–H groups in total. The molecule has 9 heteroatoms. The Kier molecular flexibility index (Phi) is 4.82. The second-order valence-corrected chi connectivity index (χ2v) is 9.00. The number of carbonyl (C=O) groups excluding carboxylic acids is 1. The lowest BCUT2D eigenvalue weighted by molar-refractivity contribution is -0.110. The van der Waals surface area contributed by atoms with Gasteiger partial charge in [-0.25, -0.2) is 13.4 Å². The van der Waals surface area contributed by atoms with Gasteiger partial charge in [-0.3, -0.25) is 4.79 Å². The number of aryl methyl sites for hydroxylation is 1. The smallest absolute Gasteiger partial charge is 0.256 e. The first-order valence-electron chi connectivity index (χ1n) is 9.28. The largest absolute Gasteiger partial charge is 0.343 e. The predicted molar refractivity (Wildman–Crippen MR) is 107 cm³/mol. The number of imidazole rings is 1. The summed E-state index contributed by atoms with van der Waals surface area (Å²) in [7, 11) is -3.77. The molecule has 0 bridgehead atoms. The maximum atomic E-state index is 13.5. The molecular formula is C19H23N5O3S. The molecule has 1 amide bonds. The summed E-state index contributed by atoms with van der Waals surface area (Å²) >= 11 is 0. The van der Waals surface area contributed by atoms with E-state index in [4.69, 9.17) is 0 Å². The SMILES string of the molecule is Cc1ncc(/C=C2\C(=O)Nc3cccc(S(=O)(=O)N4CCCNCC4C)c32)[nH]1. The van der Waals surface area contributed by atoms with Gasteiger partial charge in [-0.05, 0) is 45.0 Å². The maximum absolute atomic E-state index is 13.5. The van der Waals surface area contributed by atoms with Crippen LogP contribution in [0.2, 0.25) is 0 Å². The van der Waals surface area contributed by atoms with Gasteiger partial charge in [0.05, 0.1) is 28.0 Å². The highest BCUT2D eigenvalue weighted by Gasteiger charge is 2.36. The molecular weight excluding hydrogens is 378 g/mol. The number of amides is 1. The van der Waals surface area contributed by atoms with Crippen LogP contribution in [0.1, 0.15) is 30.4 Å². The zero-order chi connectivity index (χ0) is 19.9. The Balaban J connectivity index is 1.84. The van der Waals surface area contributed by atoms with Crippen LogP contribution in [0.4, 0.5) is 5.69 Å². The van der Waals surface area contributed by atoms with Gasteiger partial charge in [0.1, 0.15) is 5.82 Å². The summed E-state index contributed by atoms with van der Waals surface area (Å²) in [6.07, 6.45) is 4.01. The van der Waals surface area contributed by atoms with E-state index in [1.807, 2.05) is 13.8 Å². The van der Waals surface area contributed by atoms with Gasteiger partial charge < -0.3 is 15.6 Å². The lowest BCUT2D eigenvalue weighted by Crippen LogP contribution is -2.41. The fourth-order valence-electron chi connectivity index (χ4n) is 3.71. The first kappa shape index (κ1) is 18.9. The van der Waals surface area contributed by atoms with Crippen molar-refractivity contribution >= 4 is 33.3 Å². The van der Waals surface area contributed by atoms with Gasteiger partial charge in [-0.15, -0.1) is 0 Å². The van der Waals surface area contributed by atoms with E-state index < -0.39 is 10.0 Å². The number of anilines is 1. The number of aromatic nitrogens is 2. The molecule has 2 aliphatic heterocycles. The number of carbonyl (C=O) groups is 1. The molecule has 28 heavy (non-hydrogen) atoms. The molecule has 2 aliphatic rings. The summed E-state index contributed by atoms with van der Waals surface area (Å²) in [6, 6.07) is 4.79. The molecule has 148 valence electrons. The van der Waals surface area contributed by atoms with Crippen LogP contribution in [-0.4, -0.2) is 54.3 Å². The molecule has 1 fully saturated rings. The molecule has 4 rings (SSSR count). The molecule has 2 aromatic rings. The first-order valence-corrected chi connectivity index (χ1v) is 10.7. The van der Waals surface area contributed by atoms with Gasteiger partial charge in [0.15, 0.2) is 0 Å². The Morgan fingerprint density at radius 3 is 2.89 bits per heavy atom. The van der Waals surface area contributed by atoms with Crippen molar-refractivity contribution in [3.8, 4) is 0 Å². The molecule has 0 spiro atoms. The van der Waals surface area contributed by atoms with Gasteiger partial charge >= 0.3 is 0 Å². The fraction of sp³-hybridized carbons (Fsp3) is 0.368. The molecule has 0 aliphatic carbocycles. The second kappa shape index (κ2) is 7.16. The summed E-state index contributed by atoms with van der Waals surface area (Å²) in [6.45, 7) is 5.54. The Morgan fingerprint density at radius 1 is 1.32 bits per heavy atom. The molecule has 8 nitrogen and oxygen atoms in total. The predicted octanol–water partition coefficient (Wildman–Crippen LogP) is 1.58. The van der Waals surface area contributed by atoms with E-state index in [1.54, 1.807) is 30.5 Å². The van der Waals surface area contributed by atoms with Crippen LogP contribution in [0.15, 0.2) is 29.3 Å². The zero-order valence-electron chi connectivity index (χ0n) is 15.8. The minimum atomic E-state index is -3.77. The maximum Gasteiger partial charge on any atom is 0.256 e. The number of benzene rings is 1. The number of hydrogen-bond acceptors (Lipinski definition) is 5. The molecule has 1 aromatic carbocycles. The molecule has 0 radical (unpaired) electrons. The van der Waals surface area contributed by atoms with Crippen molar-refractivity contribution < 1.29 is 13.2 Å². The number of nitrogens with one attached hydrogen (secondary N) is 3. The van der Waals surface area contributed by atoms with E-state index in [0.717, 1.165) is 18.8 Å². The number of hydrogen-bond donors (Lipinski definition) is 3. The summed E-state index contributed by atoms with van der Waals surface area (Å²) < 4.78 is 28.6. The lowest BCUT2D eigenvalue weighted by atomic mass is 10.1. The zero-order valence-corrected chi connectivity index (χ0v) is 16.6. The average Bonchev–Trinajstić information content (AvgIpc) is 3.11. The van der Waals surface area contributed by atoms with Crippen LogP contribution < -0.4 is 10.6 Å². The van der Waals surface area contributed by atoms with Gasteiger partial charge in [0.2, 0.25) is 10.0 Å². The van der Waals surface area contributed by atoms with Crippen LogP contribution >= 0.6 is 0 Å². The number of aromatic amines is 1. The molecule has 3 heterocycles. The summed E-state index contributed by atoms with van der Waals surface area (Å²) in [4.78, 5) is 19.9. The van der Waals surface area contributed by atoms with Crippen LogP contribution in [0.25, 0.3) is 11.6 Å². The van der Waals surface area contributed by atoms with E-state index in [0.29, 0.717) is 35.6 Å². The third-order valence-electron chi connectivity index (χ3n) is 5.06. The lowest BCUT2D eigenvalue weighted by Gasteiger charge is -2.26. The highest BCUT2D eigenvalue weighted by molar-refractivity contribution is 7.89. The monoisotopic (exact) mass is 401 g/mol. The van der Waals surface area contributed by atoms with E-state index in [1.165, 1.54) is 4.31 Å². The number of nitrogens with zero attached hydrogens (tertiary/aromatic N) is 2. The molecule has 1 atom stereocenters. The van der Waals surface area contributed by atoms with Gasteiger partial charge in [-0.2, -0.15) is 4.31 Å². The second-order valence-electron chi connectivity index (χ2n) is 7.14. The number of H-pyrrole nitrogens is 1. The quantitative estimate of drug-likeness (QED) is 0.677. The fourth-order valence-corrected chi connectivity index (χ4v) is 5.61. The van der Waals surface area contributed by atoms with E-state index in [9.17, 15) is 13.2 Å². The molecule has 1 saturated heterocycles. The van der Waals surface area contributed by atoms with E-state index in [-0.39, 0.29) is 16.8 Å². The van der Waals surface area contributed by atoms with Crippen LogP contribution in [0.3, 0.4) is 0 Å². The Bertz CT molecular complexity index is 1060. The van der Waals surface area contributed by atoms with Crippen LogP contribution in [-0.2, 0) is 14.8 Å². The van der Waals surface area contributed by atoms with Crippen molar-refractivity contribution in [1.82, 2.24) is 19.6 Å². The van der Waals surface area contributed by atoms with E-state index >= 15 is 0 Å².